The molecular weight excluding hydrogens is 228 g/mol. The average Bonchev–Trinajstić information content (AvgIpc) is 2.44. The second kappa shape index (κ2) is 6.71. The van der Waals surface area contributed by atoms with Crippen molar-refractivity contribution in [2.75, 3.05) is 6.54 Å². The highest BCUT2D eigenvalue weighted by atomic mass is 16.4. The highest BCUT2D eigenvalue weighted by Crippen LogP contribution is 2.16. The fourth-order valence-corrected chi connectivity index (χ4v) is 1.76. The van der Waals surface area contributed by atoms with Gasteiger partial charge in [-0.15, -0.1) is 6.58 Å². The molecule has 1 aromatic rings. The van der Waals surface area contributed by atoms with E-state index in [0.29, 0.717) is 18.5 Å². The maximum Gasteiger partial charge on any atom is 0.188 e. The summed E-state index contributed by atoms with van der Waals surface area (Å²) >= 11 is 0. The number of oxime groups is 1. The molecule has 0 aliphatic rings. The molecule has 0 bridgehead atoms. The molecule has 1 atom stereocenters. The number of nitrogens with one attached hydrogen (secondary N) is 1. The Kier molecular flexibility index (Phi) is 5.27. The van der Waals surface area contributed by atoms with Crippen molar-refractivity contribution >= 4 is 12.0 Å². The fourth-order valence-electron chi connectivity index (χ4n) is 1.76. The topological polar surface area (TPSA) is 61.7 Å². The van der Waals surface area contributed by atoms with E-state index in [-0.39, 0.29) is 5.78 Å². The van der Waals surface area contributed by atoms with Crippen LogP contribution in [0.2, 0.25) is 0 Å². The van der Waals surface area contributed by atoms with Crippen LogP contribution in [0.15, 0.2) is 48.1 Å². The lowest BCUT2D eigenvalue weighted by Crippen LogP contribution is -2.53. The van der Waals surface area contributed by atoms with E-state index in [1.807, 2.05) is 13.0 Å². The van der Waals surface area contributed by atoms with Crippen LogP contribution in [-0.2, 0) is 0 Å². The second-order valence-electron chi connectivity index (χ2n) is 3.93. The lowest BCUT2D eigenvalue weighted by Gasteiger charge is -2.27. The summed E-state index contributed by atoms with van der Waals surface area (Å²) < 4.78 is 0. The van der Waals surface area contributed by atoms with Gasteiger partial charge in [-0.1, -0.05) is 48.5 Å². The number of hydrogen-bond donors (Lipinski definition) is 2. The van der Waals surface area contributed by atoms with Crippen molar-refractivity contribution in [3.63, 3.8) is 0 Å². The number of rotatable bonds is 7. The van der Waals surface area contributed by atoms with E-state index in [4.69, 9.17) is 5.21 Å². The predicted octanol–water partition coefficient (Wildman–Crippen LogP) is 2.25. The SMILES string of the molecule is C=CCNC(/C=N/O)(CC)C(=O)c1ccccc1. The number of carbonyl (C=O) groups excluding carboxylic acids is 1. The highest BCUT2D eigenvalue weighted by molar-refractivity contribution is 6.13. The molecule has 0 radical (unpaired) electrons. The molecule has 0 heterocycles. The first-order chi connectivity index (χ1) is 8.70. The Morgan fingerprint density at radius 1 is 1.50 bits per heavy atom. The number of hydrogen-bond acceptors (Lipinski definition) is 4. The molecule has 0 aliphatic heterocycles. The molecule has 0 aliphatic carbocycles. The molecule has 0 spiro atoms. The first-order valence-electron chi connectivity index (χ1n) is 5.84. The van der Waals surface area contributed by atoms with Crippen LogP contribution in [0.3, 0.4) is 0 Å². The third-order valence-electron chi connectivity index (χ3n) is 2.84. The van der Waals surface area contributed by atoms with Crippen molar-refractivity contribution < 1.29 is 10.0 Å². The molecule has 1 rings (SSSR count). The molecule has 4 heteroatoms. The van der Waals surface area contributed by atoms with Crippen LogP contribution in [0, 0.1) is 0 Å². The molecule has 96 valence electrons. The zero-order valence-electron chi connectivity index (χ0n) is 10.5. The van der Waals surface area contributed by atoms with Crippen LogP contribution < -0.4 is 5.32 Å². The zero-order chi connectivity index (χ0) is 13.4. The van der Waals surface area contributed by atoms with Crippen molar-refractivity contribution in [1.29, 1.82) is 0 Å². The minimum atomic E-state index is -0.996. The van der Waals surface area contributed by atoms with E-state index >= 15 is 0 Å². The normalized spacial score (nSPS) is 14.3. The van der Waals surface area contributed by atoms with Gasteiger partial charge in [0.25, 0.3) is 0 Å². The lowest BCUT2D eigenvalue weighted by molar-refractivity contribution is 0.0907. The summed E-state index contributed by atoms with van der Waals surface area (Å²) in [6, 6.07) is 8.94. The summed E-state index contributed by atoms with van der Waals surface area (Å²) in [5.41, 5.74) is -0.416. The number of nitrogens with zero attached hydrogens (tertiary/aromatic N) is 1. The molecule has 4 nitrogen and oxygen atoms in total. The molecule has 2 N–H and O–H groups in total. The van der Waals surface area contributed by atoms with Crippen LogP contribution in [0.25, 0.3) is 0 Å². The maximum absolute atomic E-state index is 12.5. The summed E-state index contributed by atoms with van der Waals surface area (Å²) in [7, 11) is 0. The standard InChI is InChI=1S/C14H18N2O2/c1-3-10-15-14(4-2,11-16-18)13(17)12-8-6-5-7-9-12/h3,5-9,11,15,18H,1,4,10H2,2H3/b16-11+. The quantitative estimate of drug-likeness (QED) is 0.255. The van der Waals surface area contributed by atoms with Gasteiger partial charge >= 0.3 is 0 Å². The van der Waals surface area contributed by atoms with Crippen molar-refractivity contribution in [2.24, 2.45) is 5.16 Å². The maximum atomic E-state index is 12.5. The van der Waals surface area contributed by atoms with Gasteiger partial charge in [-0.05, 0) is 6.42 Å². The van der Waals surface area contributed by atoms with Gasteiger partial charge in [-0.3, -0.25) is 10.1 Å². The van der Waals surface area contributed by atoms with Crippen molar-refractivity contribution in [1.82, 2.24) is 5.32 Å². The summed E-state index contributed by atoms with van der Waals surface area (Å²) in [5, 5.41) is 14.9. The first kappa shape index (κ1) is 14.1. The van der Waals surface area contributed by atoms with Crippen LogP contribution in [0.4, 0.5) is 0 Å². The van der Waals surface area contributed by atoms with E-state index in [9.17, 15) is 4.79 Å². The van der Waals surface area contributed by atoms with Gasteiger partial charge in [0.1, 0.15) is 5.54 Å². The molecule has 1 unspecified atom stereocenters. The Balaban J connectivity index is 3.09. The van der Waals surface area contributed by atoms with Crippen LogP contribution in [0.5, 0.6) is 0 Å². The van der Waals surface area contributed by atoms with Crippen molar-refractivity contribution in [2.45, 2.75) is 18.9 Å². The van der Waals surface area contributed by atoms with Gasteiger partial charge in [0, 0.05) is 12.1 Å². The van der Waals surface area contributed by atoms with Crippen molar-refractivity contribution in [3.05, 3.63) is 48.6 Å². The smallest absolute Gasteiger partial charge is 0.188 e. The van der Waals surface area contributed by atoms with Crippen molar-refractivity contribution in [3.8, 4) is 0 Å². The summed E-state index contributed by atoms with van der Waals surface area (Å²) in [4.78, 5) is 12.5. The highest BCUT2D eigenvalue weighted by Gasteiger charge is 2.35. The van der Waals surface area contributed by atoms with Crippen LogP contribution in [-0.4, -0.2) is 29.3 Å². The minimum Gasteiger partial charge on any atom is -0.411 e. The molecule has 0 aromatic heterocycles. The van der Waals surface area contributed by atoms with E-state index < -0.39 is 5.54 Å². The fraction of sp³-hybridized carbons (Fsp3) is 0.286. The Morgan fingerprint density at radius 2 is 2.17 bits per heavy atom. The van der Waals surface area contributed by atoms with Crippen LogP contribution >= 0.6 is 0 Å². The summed E-state index contributed by atoms with van der Waals surface area (Å²) in [5.74, 6) is -0.120. The van der Waals surface area contributed by atoms with Gasteiger partial charge in [0.15, 0.2) is 5.78 Å². The van der Waals surface area contributed by atoms with Gasteiger partial charge in [0.2, 0.25) is 0 Å². The van der Waals surface area contributed by atoms with Gasteiger partial charge in [0.05, 0.1) is 6.21 Å². The number of carbonyl (C=O) groups is 1. The summed E-state index contributed by atoms with van der Waals surface area (Å²) in [6.07, 6.45) is 3.39. The largest absolute Gasteiger partial charge is 0.411 e. The molecule has 0 saturated heterocycles. The lowest BCUT2D eigenvalue weighted by atomic mass is 9.87. The zero-order valence-corrected chi connectivity index (χ0v) is 10.5. The Hall–Kier alpha value is -1.94. The second-order valence-corrected chi connectivity index (χ2v) is 3.93. The van der Waals surface area contributed by atoms with E-state index in [1.54, 1.807) is 30.3 Å². The Labute approximate surface area is 107 Å². The summed E-state index contributed by atoms with van der Waals surface area (Å²) in [6.45, 7) is 5.93. The molecule has 0 amide bonds. The van der Waals surface area contributed by atoms with Gasteiger partial charge in [-0.2, -0.15) is 0 Å². The number of Topliss-reactive ketones (excluding diaryl/α,β-unsaturated/α-hetero) is 1. The third kappa shape index (κ3) is 3.05. The molecule has 0 saturated carbocycles. The third-order valence-corrected chi connectivity index (χ3v) is 2.84. The first-order valence-corrected chi connectivity index (χ1v) is 5.84. The Morgan fingerprint density at radius 3 is 2.67 bits per heavy atom. The predicted molar refractivity (Wildman–Crippen MR) is 72.3 cm³/mol. The number of ketones is 1. The van der Waals surface area contributed by atoms with E-state index in [0.717, 1.165) is 0 Å². The molecule has 1 aromatic carbocycles. The van der Waals surface area contributed by atoms with E-state index in [1.165, 1.54) is 6.21 Å². The monoisotopic (exact) mass is 246 g/mol. The van der Waals surface area contributed by atoms with Gasteiger partial charge in [-0.25, -0.2) is 0 Å². The molecule has 18 heavy (non-hydrogen) atoms. The average molecular weight is 246 g/mol. The van der Waals surface area contributed by atoms with Crippen LogP contribution in [0.1, 0.15) is 23.7 Å². The molecule has 0 fully saturated rings. The van der Waals surface area contributed by atoms with Gasteiger partial charge < -0.3 is 5.21 Å². The molecular formula is C14H18N2O2. The Bertz CT molecular complexity index is 429. The number of benzene rings is 1. The van der Waals surface area contributed by atoms with E-state index in [2.05, 4.69) is 17.1 Å². The minimum absolute atomic E-state index is 0.120.